The summed E-state index contributed by atoms with van der Waals surface area (Å²) in [5.74, 6) is 0.957. The first-order valence-corrected chi connectivity index (χ1v) is 9.56. The van der Waals surface area contributed by atoms with Gasteiger partial charge in [-0.3, -0.25) is 0 Å². The number of hydrogen-bond acceptors (Lipinski definition) is 3. The zero-order valence-corrected chi connectivity index (χ0v) is 15.2. The summed E-state index contributed by atoms with van der Waals surface area (Å²) in [5, 5.41) is 3.02. The topological polar surface area (TPSA) is 50.8 Å². The molecule has 2 aliphatic rings. The monoisotopic (exact) mass is 346 g/mol. The number of carbonyl (C=O) groups excluding carboxylic acids is 1. The molecule has 1 N–H and O–H groups in total. The lowest BCUT2D eigenvalue weighted by Gasteiger charge is -2.31. The Morgan fingerprint density at radius 2 is 1.84 bits per heavy atom. The summed E-state index contributed by atoms with van der Waals surface area (Å²) in [7, 11) is 1.88. The molecule has 1 aromatic rings. The molecule has 1 saturated carbocycles. The van der Waals surface area contributed by atoms with Gasteiger partial charge in [0.1, 0.15) is 5.75 Å². The highest BCUT2D eigenvalue weighted by Crippen LogP contribution is 2.24. The average molecular weight is 346 g/mol. The van der Waals surface area contributed by atoms with Crippen molar-refractivity contribution in [1.82, 2.24) is 10.2 Å². The predicted octanol–water partition coefficient (Wildman–Crippen LogP) is 3.37. The smallest absolute Gasteiger partial charge is 0.317 e. The van der Waals surface area contributed by atoms with Crippen LogP contribution in [0.4, 0.5) is 4.79 Å². The Morgan fingerprint density at radius 3 is 2.52 bits per heavy atom. The second kappa shape index (κ2) is 9.09. The van der Waals surface area contributed by atoms with Gasteiger partial charge >= 0.3 is 6.03 Å². The van der Waals surface area contributed by atoms with Crippen LogP contribution in [0.3, 0.4) is 0 Å². The maximum Gasteiger partial charge on any atom is 0.317 e. The molecule has 5 nitrogen and oxygen atoms in total. The molecule has 0 bridgehead atoms. The van der Waals surface area contributed by atoms with Crippen molar-refractivity contribution in [1.29, 1.82) is 0 Å². The summed E-state index contributed by atoms with van der Waals surface area (Å²) in [5.41, 5.74) is 1.22. The van der Waals surface area contributed by atoms with Crippen LogP contribution in [0.1, 0.15) is 44.1 Å². The minimum absolute atomic E-state index is 0.00749. The maximum atomic E-state index is 12.2. The lowest BCUT2D eigenvalue weighted by molar-refractivity contribution is 0.0526. The second-order valence-electron chi connectivity index (χ2n) is 7.10. The number of nitrogens with zero attached hydrogens (tertiary/aromatic N) is 1. The molecule has 0 atom stereocenters. The lowest BCUT2D eigenvalue weighted by atomic mass is 10.1. The van der Waals surface area contributed by atoms with Gasteiger partial charge < -0.3 is 19.7 Å². The molecule has 2 fully saturated rings. The van der Waals surface area contributed by atoms with Crippen LogP contribution in [0, 0.1) is 0 Å². The highest BCUT2D eigenvalue weighted by Gasteiger charge is 2.22. The van der Waals surface area contributed by atoms with Gasteiger partial charge in [-0.25, -0.2) is 4.79 Å². The van der Waals surface area contributed by atoms with Crippen molar-refractivity contribution in [3.8, 4) is 5.75 Å². The third-order valence-corrected chi connectivity index (χ3v) is 5.28. The highest BCUT2D eigenvalue weighted by atomic mass is 16.5. The molecule has 25 heavy (non-hydrogen) atoms. The maximum absolute atomic E-state index is 12.2. The van der Waals surface area contributed by atoms with Crippen molar-refractivity contribution in [2.45, 2.75) is 57.1 Å². The Labute approximate surface area is 150 Å². The van der Waals surface area contributed by atoms with Gasteiger partial charge in [-0.1, -0.05) is 12.1 Å². The second-order valence-corrected chi connectivity index (χ2v) is 7.10. The van der Waals surface area contributed by atoms with Crippen molar-refractivity contribution in [2.24, 2.45) is 0 Å². The third-order valence-electron chi connectivity index (χ3n) is 5.28. The van der Waals surface area contributed by atoms with E-state index in [0.717, 1.165) is 38.2 Å². The summed E-state index contributed by atoms with van der Waals surface area (Å²) in [6.07, 6.45) is 7.99. The van der Waals surface area contributed by atoms with Crippen LogP contribution < -0.4 is 10.1 Å². The van der Waals surface area contributed by atoms with E-state index in [0.29, 0.717) is 18.7 Å². The summed E-state index contributed by atoms with van der Waals surface area (Å²) >= 11 is 0. The molecule has 5 heteroatoms. The molecule has 1 aromatic carbocycles. The van der Waals surface area contributed by atoms with Gasteiger partial charge in [-0.05, 0) is 62.6 Å². The quantitative estimate of drug-likeness (QED) is 0.859. The minimum atomic E-state index is 0.00749. The zero-order valence-electron chi connectivity index (χ0n) is 15.2. The van der Waals surface area contributed by atoms with Crippen molar-refractivity contribution in [3.63, 3.8) is 0 Å². The first-order chi connectivity index (χ1) is 12.2. The van der Waals surface area contributed by atoms with E-state index in [2.05, 4.69) is 17.4 Å². The van der Waals surface area contributed by atoms with Crippen LogP contribution in [-0.2, 0) is 11.2 Å². The van der Waals surface area contributed by atoms with Crippen molar-refractivity contribution < 1.29 is 14.3 Å². The Morgan fingerprint density at radius 1 is 1.16 bits per heavy atom. The molecule has 0 spiro atoms. The van der Waals surface area contributed by atoms with Crippen molar-refractivity contribution >= 4 is 6.03 Å². The Kier molecular flexibility index (Phi) is 6.56. The van der Waals surface area contributed by atoms with Crippen LogP contribution in [0.5, 0.6) is 5.75 Å². The normalized spacial score (nSPS) is 18.9. The zero-order chi connectivity index (χ0) is 17.5. The van der Waals surface area contributed by atoms with Crippen molar-refractivity contribution in [2.75, 3.05) is 26.8 Å². The fourth-order valence-corrected chi connectivity index (χ4v) is 3.61. The molecule has 138 valence electrons. The number of urea groups is 1. The van der Waals surface area contributed by atoms with E-state index in [1.54, 1.807) is 0 Å². The predicted molar refractivity (Wildman–Crippen MR) is 98.0 cm³/mol. The van der Waals surface area contributed by atoms with Gasteiger partial charge in [-0.2, -0.15) is 0 Å². The number of benzene rings is 1. The molecule has 1 heterocycles. The largest absolute Gasteiger partial charge is 0.490 e. The summed E-state index contributed by atoms with van der Waals surface area (Å²) in [4.78, 5) is 14.1. The highest BCUT2D eigenvalue weighted by molar-refractivity contribution is 5.74. The Bertz CT molecular complexity index is 534. The molecular weight excluding hydrogens is 316 g/mol. The SMILES string of the molecule is CN(C(=O)NCCc1ccc(OC2CCCC2)cc1)C1CCOCC1. The fraction of sp³-hybridized carbons (Fsp3) is 0.650. The van der Waals surface area contributed by atoms with Gasteiger partial charge in [0.15, 0.2) is 0 Å². The van der Waals surface area contributed by atoms with Crippen LogP contribution >= 0.6 is 0 Å². The van der Waals surface area contributed by atoms with Crippen LogP contribution in [0.15, 0.2) is 24.3 Å². The first kappa shape index (κ1) is 18.1. The summed E-state index contributed by atoms with van der Waals surface area (Å²) in [6.45, 7) is 2.14. The van der Waals surface area contributed by atoms with Gasteiger partial charge in [-0.15, -0.1) is 0 Å². The molecule has 0 aromatic heterocycles. The minimum Gasteiger partial charge on any atom is -0.490 e. The van der Waals surface area contributed by atoms with E-state index in [-0.39, 0.29) is 6.03 Å². The van der Waals surface area contributed by atoms with Gasteiger partial charge in [0, 0.05) is 32.8 Å². The van der Waals surface area contributed by atoms with E-state index < -0.39 is 0 Å². The molecule has 1 aliphatic heterocycles. The van der Waals surface area contributed by atoms with Crippen LogP contribution in [0.2, 0.25) is 0 Å². The number of amides is 2. The number of nitrogens with one attached hydrogen (secondary N) is 1. The first-order valence-electron chi connectivity index (χ1n) is 9.56. The lowest BCUT2D eigenvalue weighted by Crippen LogP contribution is -2.46. The molecule has 0 radical (unpaired) electrons. The molecule has 2 amide bonds. The van der Waals surface area contributed by atoms with E-state index >= 15 is 0 Å². The van der Waals surface area contributed by atoms with E-state index in [1.807, 2.05) is 24.1 Å². The van der Waals surface area contributed by atoms with Gasteiger partial charge in [0.05, 0.1) is 6.10 Å². The molecule has 1 saturated heterocycles. The number of rotatable bonds is 6. The third kappa shape index (κ3) is 5.36. The molecule has 0 unspecified atom stereocenters. The van der Waals surface area contributed by atoms with Crippen LogP contribution in [-0.4, -0.2) is 49.9 Å². The average Bonchev–Trinajstić information content (AvgIpc) is 3.16. The molecule has 3 rings (SSSR count). The van der Waals surface area contributed by atoms with Gasteiger partial charge in [0.25, 0.3) is 0 Å². The Hall–Kier alpha value is -1.75. The van der Waals surface area contributed by atoms with Gasteiger partial charge in [0.2, 0.25) is 0 Å². The van der Waals surface area contributed by atoms with E-state index in [9.17, 15) is 4.79 Å². The number of carbonyl (C=O) groups is 1. The summed E-state index contributed by atoms with van der Waals surface area (Å²) < 4.78 is 11.3. The number of ether oxygens (including phenoxy) is 2. The molecular formula is C20H30N2O3. The standard InChI is InChI=1S/C20H30N2O3/c1-22(17-11-14-24-15-12-17)20(23)21-13-10-16-6-8-19(9-7-16)25-18-4-2-3-5-18/h6-9,17-18H,2-5,10-15H2,1H3,(H,21,23). The van der Waals surface area contributed by atoms with E-state index in [4.69, 9.17) is 9.47 Å². The van der Waals surface area contributed by atoms with Crippen molar-refractivity contribution in [3.05, 3.63) is 29.8 Å². The summed E-state index contributed by atoms with van der Waals surface area (Å²) in [6, 6.07) is 8.58. The fourth-order valence-electron chi connectivity index (χ4n) is 3.61. The Balaban J connectivity index is 1.38. The molecule has 1 aliphatic carbocycles. The van der Waals surface area contributed by atoms with E-state index in [1.165, 1.54) is 31.2 Å². The number of hydrogen-bond donors (Lipinski definition) is 1. The van der Waals surface area contributed by atoms with Crippen LogP contribution in [0.25, 0.3) is 0 Å².